The van der Waals surface area contributed by atoms with Crippen LogP contribution in [0.3, 0.4) is 0 Å². The molecule has 2 heteroatoms. The van der Waals surface area contributed by atoms with Gasteiger partial charge < -0.3 is 10.2 Å². The van der Waals surface area contributed by atoms with E-state index < -0.39 is 11.2 Å². The van der Waals surface area contributed by atoms with Crippen LogP contribution in [0, 0.1) is 11.8 Å². The van der Waals surface area contributed by atoms with E-state index >= 15 is 0 Å². The van der Waals surface area contributed by atoms with Gasteiger partial charge in [0.2, 0.25) is 0 Å². The van der Waals surface area contributed by atoms with Crippen LogP contribution in [0.5, 0.6) is 0 Å². The summed E-state index contributed by atoms with van der Waals surface area (Å²) in [5, 5.41) is 20.7. The van der Waals surface area contributed by atoms with Crippen molar-refractivity contribution in [2.24, 2.45) is 0 Å². The standard InChI is InChI=1S/C16H30O2/c1-5-9-11-15(17,7-3)13-14-16(18,8-4)12-10-6-2/h17-18H,5-12H2,1-4H3. The van der Waals surface area contributed by atoms with Gasteiger partial charge >= 0.3 is 0 Å². The maximum Gasteiger partial charge on any atom is 0.125 e. The van der Waals surface area contributed by atoms with E-state index in [1.165, 1.54) is 0 Å². The molecule has 0 fully saturated rings. The van der Waals surface area contributed by atoms with E-state index in [2.05, 4.69) is 25.7 Å². The third kappa shape index (κ3) is 6.42. The third-order valence-electron chi connectivity index (χ3n) is 3.59. The van der Waals surface area contributed by atoms with E-state index in [0.717, 1.165) is 25.7 Å². The predicted octanol–water partition coefficient (Wildman–Crippen LogP) is 3.65. The predicted molar refractivity (Wildman–Crippen MR) is 77.3 cm³/mol. The molecule has 0 saturated heterocycles. The third-order valence-corrected chi connectivity index (χ3v) is 3.59. The van der Waals surface area contributed by atoms with Gasteiger partial charge in [-0.25, -0.2) is 0 Å². The van der Waals surface area contributed by atoms with E-state index in [1.54, 1.807) is 0 Å². The van der Waals surface area contributed by atoms with Gasteiger partial charge in [0.1, 0.15) is 11.2 Å². The smallest absolute Gasteiger partial charge is 0.125 e. The van der Waals surface area contributed by atoms with Crippen molar-refractivity contribution in [3.8, 4) is 11.8 Å². The summed E-state index contributed by atoms with van der Waals surface area (Å²) in [4.78, 5) is 0. The molecule has 0 aliphatic rings. The molecule has 2 N–H and O–H groups in total. The van der Waals surface area contributed by atoms with Crippen molar-refractivity contribution in [1.82, 2.24) is 0 Å². The van der Waals surface area contributed by atoms with Gasteiger partial charge in [-0.3, -0.25) is 0 Å². The Bertz CT molecular complexity index is 251. The van der Waals surface area contributed by atoms with Crippen LogP contribution in [-0.2, 0) is 0 Å². The highest BCUT2D eigenvalue weighted by molar-refractivity contribution is 5.20. The number of rotatable bonds is 8. The van der Waals surface area contributed by atoms with E-state index in [1.807, 2.05) is 13.8 Å². The molecule has 0 aromatic rings. The fraction of sp³-hybridized carbons (Fsp3) is 0.875. The first kappa shape index (κ1) is 17.5. The molecule has 2 nitrogen and oxygen atoms in total. The lowest BCUT2D eigenvalue weighted by atomic mass is 9.90. The molecule has 0 heterocycles. The zero-order chi connectivity index (χ0) is 14.1. The highest BCUT2D eigenvalue weighted by Crippen LogP contribution is 2.21. The minimum Gasteiger partial charge on any atom is -0.378 e. The highest BCUT2D eigenvalue weighted by atomic mass is 16.3. The number of aliphatic hydroxyl groups is 2. The highest BCUT2D eigenvalue weighted by Gasteiger charge is 2.25. The van der Waals surface area contributed by atoms with Crippen molar-refractivity contribution < 1.29 is 10.2 Å². The quantitative estimate of drug-likeness (QED) is 0.649. The molecule has 2 unspecified atom stereocenters. The lowest BCUT2D eigenvalue weighted by Crippen LogP contribution is -2.29. The first-order chi connectivity index (χ1) is 8.45. The first-order valence-corrected chi connectivity index (χ1v) is 7.44. The topological polar surface area (TPSA) is 40.5 Å². The number of unbranched alkanes of at least 4 members (excludes halogenated alkanes) is 2. The lowest BCUT2D eigenvalue weighted by Gasteiger charge is -2.23. The summed E-state index contributed by atoms with van der Waals surface area (Å²) in [6.07, 6.45) is 6.68. The lowest BCUT2D eigenvalue weighted by molar-refractivity contribution is 0.0734. The van der Waals surface area contributed by atoms with Gasteiger partial charge in [-0.1, -0.05) is 52.4 Å². The molecule has 0 aliphatic carbocycles. The largest absolute Gasteiger partial charge is 0.378 e. The molecule has 0 aromatic heterocycles. The Hall–Kier alpha value is -0.520. The molecule has 106 valence electrons. The molecule has 2 atom stereocenters. The normalized spacial score (nSPS) is 17.4. The zero-order valence-electron chi connectivity index (χ0n) is 12.6. The molecule has 0 rings (SSSR count). The van der Waals surface area contributed by atoms with Crippen molar-refractivity contribution in [1.29, 1.82) is 0 Å². The Morgan fingerprint density at radius 1 is 0.722 bits per heavy atom. The maximum absolute atomic E-state index is 10.4. The van der Waals surface area contributed by atoms with Crippen LogP contribution in [-0.4, -0.2) is 21.4 Å². The summed E-state index contributed by atoms with van der Waals surface area (Å²) in [5.41, 5.74) is -1.85. The van der Waals surface area contributed by atoms with Crippen LogP contribution >= 0.6 is 0 Å². The SMILES string of the molecule is CCCCC(O)(C#CC(O)(CC)CCCC)CC. The van der Waals surface area contributed by atoms with E-state index in [9.17, 15) is 10.2 Å². The summed E-state index contributed by atoms with van der Waals surface area (Å²) in [6.45, 7) is 8.10. The van der Waals surface area contributed by atoms with Gasteiger partial charge in [0, 0.05) is 0 Å². The summed E-state index contributed by atoms with van der Waals surface area (Å²) in [5.74, 6) is 5.87. The Kier molecular flexibility index (Phi) is 8.31. The minimum atomic E-state index is -0.925. The Balaban J connectivity index is 4.73. The molecular weight excluding hydrogens is 224 g/mol. The van der Waals surface area contributed by atoms with Crippen LogP contribution in [0.25, 0.3) is 0 Å². The minimum absolute atomic E-state index is 0.619. The van der Waals surface area contributed by atoms with Crippen molar-refractivity contribution >= 4 is 0 Å². The summed E-state index contributed by atoms with van der Waals surface area (Å²) >= 11 is 0. The summed E-state index contributed by atoms with van der Waals surface area (Å²) in [7, 11) is 0. The Morgan fingerprint density at radius 3 is 1.28 bits per heavy atom. The summed E-state index contributed by atoms with van der Waals surface area (Å²) < 4.78 is 0. The average molecular weight is 254 g/mol. The van der Waals surface area contributed by atoms with E-state index in [-0.39, 0.29) is 0 Å². The Morgan fingerprint density at radius 2 is 1.06 bits per heavy atom. The fourth-order valence-electron chi connectivity index (χ4n) is 1.83. The molecule has 0 aromatic carbocycles. The van der Waals surface area contributed by atoms with Crippen molar-refractivity contribution in [3.05, 3.63) is 0 Å². The molecule has 0 bridgehead atoms. The van der Waals surface area contributed by atoms with Crippen LogP contribution in [0.2, 0.25) is 0 Å². The van der Waals surface area contributed by atoms with E-state index in [0.29, 0.717) is 25.7 Å². The molecule has 0 spiro atoms. The second kappa shape index (κ2) is 8.56. The van der Waals surface area contributed by atoms with Gasteiger partial charge in [-0.15, -0.1) is 0 Å². The second-order valence-corrected chi connectivity index (χ2v) is 5.23. The molecule has 0 radical (unpaired) electrons. The number of hydrogen-bond donors (Lipinski definition) is 2. The second-order valence-electron chi connectivity index (χ2n) is 5.23. The fourth-order valence-corrected chi connectivity index (χ4v) is 1.83. The van der Waals surface area contributed by atoms with Crippen molar-refractivity contribution in [2.75, 3.05) is 0 Å². The molecule has 0 saturated carbocycles. The molecular formula is C16H30O2. The van der Waals surface area contributed by atoms with E-state index in [4.69, 9.17) is 0 Å². The van der Waals surface area contributed by atoms with Crippen LogP contribution in [0.4, 0.5) is 0 Å². The monoisotopic (exact) mass is 254 g/mol. The average Bonchev–Trinajstić information content (AvgIpc) is 2.40. The maximum atomic E-state index is 10.4. The van der Waals surface area contributed by atoms with Crippen LogP contribution < -0.4 is 0 Å². The van der Waals surface area contributed by atoms with Gasteiger partial charge in [-0.2, -0.15) is 0 Å². The van der Waals surface area contributed by atoms with Gasteiger partial charge in [0.25, 0.3) is 0 Å². The molecule has 0 amide bonds. The summed E-state index contributed by atoms with van der Waals surface area (Å²) in [6, 6.07) is 0. The van der Waals surface area contributed by atoms with Crippen LogP contribution in [0.15, 0.2) is 0 Å². The van der Waals surface area contributed by atoms with Gasteiger partial charge in [0.05, 0.1) is 0 Å². The van der Waals surface area contributed by atoms with Crippen molar-refractivity contribution in [3.63, 3.8) is 0 Å². The van der Waals surface area contributed by atoms with Crippen molar-refractivity contribution in [2.45, 2.75) is 90.3 Å². The molecule has 18 heavy (non-hydrogen) atoms. The Labute approximate surface area is 113 Å². The van der Waals surface area contributed by atoms with Crippen LogP contribution in [0.1, 0.15) is 79.1 Å². The molecule has 0 aliphatic heterocycles. The zero-order valence-corrected chi connectivity index (χ0v) is 12.6. The first-order valence-electron chi connectivity index (χ1n) is 7.44. The van der Waals surface area contributed by atoms with Gasteiger partial charge in [0.15, 0.2) is 0 Å². The van der Waals surface area contributed by atoms with Gasteiger partial charge in [-0.05, 0) is 38.5 Å². The number of hydrogen-bond acceptors (Lipinski definition) is 2.